The number of carbonyl (C=O) groups is 1. The van der Waals surface area contributed by atoms with E-state index in [0.717, 1.165) is 11.8 Å². The van der Waals surface area contributed by atoms with Crippen LogP contribution in [0.25, 0.3) is 0 Å². The number of nitrogens with one attached hydrogen (secondary N) is 1. The number of hydrogen-bond donors (Lipinski definition) is 1. The van der Waals surface area contributed by atoms with Gasteiger partial charge in [-0.3, -0.25) is 9.10 Å². The van der Waals surface area contributed by atoms with E-state index in [4.69, 9.17) is 0 Å². The summed E-state index contributed by atoms with van der Waals surface area (Å²) in [6, 6.07) is 5.09. The third-order valence-electron chi connectivity index (χ3n) is 3.65. The molecule has 1 aromatic carbocycles. The zero-order valence-corrected chi connectivity index (χ0v) is 14.3. The Morgan fingerprint density at radius 1 is 1.24 bits per heavy atom. The van der Waals surface area contributed by atoms with Gasteiger partial charge in [0.1, 0.15) is 0 Å². The van der Waals surface area contributed by atoms with Crippen molar-refractivity contribution >= 4 is 21.6 Å². The number of nitrogens with zero attached hydrogens (tertiary/aromatic N) is 1. The van der Waals surface area contributed by atoms with Crippen LogP contribution in [0.3, 0.4) is 0 Å². The Morgan fingerprint density at radius 2 is 1.81 bits per heavy atom. The van der Waals surface area contributed by atoms with Gasteiger partial charge >= 0.3 is 0 Å². The molecule has 0 bridgehead atoms. The molecule has 118 valence electrons. The number of hydrogen-bond acceptors (Lipinski definition) is 3. The van der Waals surface area contributed by atoms with Gasteiger partial charge in [-0.05, 0) is 43.5 Å². The molecule has 0 heterocycles. The summed E-state index contributed by atoms with van der Waals surface area (Å²) in [6.45, 7) is 7.83. The van der Waals surface area contributed by atoms with E-state index in [9.17, 15) is 13.2 Å². The smallest absolute Gasteiger partial charge is 0.251 e. The Balaban J connectivity index is 3.00. The summed E-state index contributed by atoms with van der Waals surface area (Å²) < 4.78 is 24.3. The van der Waals surface area contributed by atoms with E-state index in [1.807, 2.05) is 20.8 Å². The average molecular weight is 312 g/mol. The van der Waals surface area contributed by atoms with Crippen molar-refractivity contribution in [3.63, 3.8) is 0 Å². The first kappa shape index (κ1) is 17.5. The van der Waals surface area contributed by atoms with Crippen LogP contribution in [0.15, 0.2) is 18.2 Å². The van der Waals surface area contributed by atoms with Gasteiger partial charge in [0.15, 0.2) is 0 Å². The van der Waals surface area contributed by atoms with Crippen LogP contribution in [0.4, 0.5) is 5.69 Å². The van der Waals surface area contributed by atoms with Gasteiger partial charge < -0.3 is 5.32 Å². The van der Waals surface area contributed by atoms with Crippen molar-refractivity contribution in [3.8, 4) is 0 Å². The molecule has 0 radical (unpaired) electrons. The molecule has 1 N–H and O–H groups in total. The third kappa shape index (κ3) is 4.46. The van der Waals surface area contributed by atoms with Crippen molar-refractivity contribution in [2.45, 2.75) is 33.7 Å². The van der Waals surface area contributed by atoms with Gasteiger partial charge in [0, 0.05) is 18.7 Å². The van der Waals surface area contributed by atoms with E-state index < -0.39 is 10.0 Å². The summed E-state index contributed by atoms with van der Waals surface area (Å²) in [7, 11) is -1.81. The molecule has 1 rings (SSSR count). The summed E-state index contributed by atoms with van der Waals surface area (Å²) in [6.07, 6.45) is 1.15. The molecule has 0 saturated heterocycles. The van der Waals surface area contributed by atoms with Crippen molar-refractivity contribution in [1.29, 1.82) is 0 Å². The van der Waals surface area contributed by atoms with Gasteiger partial charge in [-0.25, -0.2) is 8.42 Å². The van der Waals surface area contributed by atoms with E-state index in [1.54, 1.807) is 25.1 Å². The minimum absolute atomic E-state index is 0.0798. The SMILES string of the molecule is Cc1cc(C(=O)NC(C)C(C)C)ccc1N(C)S(C)(=O)=O. The quantitative estimate of drug-likeness (QED) is 0.906. The normalized spacial score (nSPS) is 13.1. The van der Waals surface area contributed by atoms with Crippen LogP contribution < -0.4 is 9.62 Å². The maximum atomic E-state index is 12.1. The van der Waals surface area contributed by atoms with Crippen LogP contribution in [0.5, 0.6) is 0 Å². The molecule has 21 heavy (non-hydrogen) atoms. The second kappa shape index (κ2) is 6.47. The number of benzene rings is 1. The maximum Gasteiger partial charge on any atom is 0.251 e. The number of carbonyl (C=O) groups excluding carboxylic acids is 1. The summed E-state index contributed by atoms with van der Waals surface area (Å²) >= 11 is 0. The number of amides is 1. The average Bonchev–Trinajstić information content (AvgIpc) is 2.36. The van der Waals surface area contributed by atoms with E-state index in [1.165, 1.54) is 11.4 Å². The lowest BCUT2D eigenvalue weighted by atomic mass is 10.0. The largest absolute Gasteiger partial charge is 0.349 e. The first-order valence-electron chi connectivity index (χ1n) is 6.89. The number of rotatable bonds is 5. The van der Waals surface area contributed by atoms with Crippen LogP contribution in [0, 0.1) is 12.8 Å². The summed E-state index contributed by atoms with van der Waals surface area (Å²) in [5, 5.41) is 2.93. The second-order valence-corrected chi connectivity index (χ2v) is 7.75. The standard InChI is InChI=1S/C15H24N2O3S/c1-10(2)12(4)16-15(18)13-7-8-14(11(3)9-13)17(5)21(6,19)20/h7-10,12H,1-6H3,(H,16,18). The maximum absolute atomic E-state index is 12.1. The van der Waals surface area contributed by atoms with Crippen LogP contribution in [0.1, 0.15) is 36.7 Å². The van der Waals surface area contributed by atoms with Crippen LogP contribution in [-0.4, -0.2) is 33.7 Å². The number of aryl methyl sites for hydroxylation is 1. The van der Waals surface area contributed by atoms with Crippen LogP contribution in [0.2, 0.25) is 0 Å². The first-order chi connectivity index (χ1) is 9.54. The lowest BCUT2D eigenvalue weighted by Crippen LogP contribution is -2.36. The number of anilines is 1. The summed E-state index contributed by atoms with van der Waals surface area (Å²) in [5.41, 5.74) is 1.85. The van der Waals surface area contributed by atoms with E-state index >= 15 is 0 Å². The summed E-state index contributed by atoms with van der Waals surface area (Å²) in [5.74, 6) is 0.207. The molecule has 6 heteroatoms. The van der Waals surface area contributed by atoms with Crippen molar-refractivity contribution in [1.82, 2.24) is 5.32 Å². The van der Waals surface area contributed by atoms with Gasteiger partial charge in [0.05, 0.1) is 11.9 Å². The third-order valence-corrected chi connectivity index (χ3v) is 4.85. The van der Waals surface area contributed by atoms with Crippen LogP contribution in [-0.2, 0) is 10.0 Å². The molecule has 1 aromatic rings. The topological polar surface area (TPSA) is 66.5 Å². The molecule has 1 atom stereocenters. The molecule has 1 unspecified atom stereocenters. The van der Waals surface area contributed by atoms with Gasteiger partial charge in [-0.15, -0.1) is 0 Å². The van der Waals surface area contributed by atoms with Gasteiger partial charge in [-0.2, -0.15) is 0 Å². The Morgan fingerprint density at radius 3 is 2.24 bits per heavy atom. The fourth-order valence-electron chi connectivity index (χ4n) is 1.79. The van der Waals surface area contributed by atoms with Gasteiger partial charge in [0.2, 0.25) is 10.0 Å². The van der Waals surface area contributed by atoms with Gasteiger partial charge in [-0.1, -0.05) is 13.8 Å². The van der Waals surface area contributed by atoms with Crippen molar-refractivity contribution < 1.29 is 13.2 Å². The molecular weight excluding hydrogens is 288 g/mol. The predicted molar refractivity (Wildman–Crippen MR) is 86.2 cm³/mol. The zero-order valence-electron chi connectivity index (χ0n) is 13.5. The predicted octanol–water partition coefficient (Wildman–Crippen LogP) is 2.17. The summed E-state index contributed by atoms with van der Waals surface area (Å²) in [4.78, 5) is 12.1. The highest BCUT2D eigenvalue weighted by Gasteiger charge is 2.17. The fraction of sp³-hybridized carbons (Fsp3) is 0.533. The minimum Gasteiger partial charge on any atom is -0.349 e. The van der Waals surface area contributed by atoms with Crippen LogP contribution >= 0.6 is 0 Å². The van der Waals surface area contributed by atoms with E-state index in [-0.39, 0.29) is 11.9 Å². The highest BCUT2D eigenvalue weighted by atomic mass is 32.2. The molecule has 0 aliphatic rings. The van der Waals surface area contributed by atoms with Crippen molar-refractivity contribution in [2.75, 3.05) is 17.6 Å². The highest BCUT2D eigenvalue weighted by Crippen LogP contribution is 2.22. The fourth-order valence-corrected chi connectivity index (χ4v) is 2.35. The van der Waals surface area contributed by atoms with Gasteiger partial charge in [0.25, 0.3) is 5.91 Å². The second-order valence-electron chi connectivity index (χ2n) is 5.74. The Labute approximate surface area is 127 Å². The van der Waals surface area contributed by atoms with E-state index in [2.05, 4.69) is 5.32 Å². The number of sulfonamides is 1. The van der Waals surface area contributed by atoms with E-state index in [0.29, 0.717) is 17.2 Å². The van der Waals surface area contributed by atoms with Crippen molar-refractivity contribution in [2.24, 2.45) is 5.92 Å². The van der Waals surface area contributed by atoms with Crippen molar-refractivity contribution in [3.05, 3.63) is 29.3 Å². The molecule has 0 saturated carbocycles. The Hall–Kier alpha value is -1.56. The molecule has 0 aliphatic carbocycles. The molecular formula is C15H24N2O3S. The molecule has 0 fully saturated rings. The lowest BCUT2D eigenvalue weighted by molar-refractivity contribution is 0.0930. The molecule has 5 nitrogen and oxygen atoms in total. The monoisotopic (exact) mass is 312 g/mol. The highest BCUT2D eigenvalue weighted by molar-refractivity contribution is 7.92. The Kier molecular flexibility index (Phi) is 5.39. The molecule has 1 amide bonds. The molecule has 0 aromatic heterocycles. The molecule has 0 aliphatic heterocycles. The first-order valence-corrected chi connectivity index (χ1v) is 8.74. The zero-order chi connectivity index (χ0) is 16.4. The molecule has 0 spiro atoms. The minimum atomic E-state index is -3.31. The lowest BCUT2D eigenvalue weighted by Gasteiger charge is -2.20. The Bertz CT molecular complexity index is 624.